The van der Waals surface area contributed by atoms with Crippen LogP contribution in [0.15, 0.2) is 145 Å². The van der Waals surface area contributed by atoms with Crippen molar-refractivity contribution in [1.29, 1.82) is 0 Å². The number of ketones is 2. The SMILES string of the molecule is O=C(c1ccccc1)c1ccc(N2C(=O)C3CC=C4C(CC5C(=O)N(c6ccc(C(=O)c7ccccc7)cc6)C(=O)C5C4c4ccc(OCCO)cc4)C3C2=O)cc1. The molecule has 1 saturated carbocycles. The Morgan fingerprint density at radius 3 is 1.55 bits per heavy atom. The van der Waals surface area contributed by atoms with Crippen LogP contribution in [0.4, 0.5) is 11.4 Å². The molecule has 5 aromatic rings. The van der Waals surface area contributed by atoms with Crippen LogP contribution in [0, 0.1) is 29.6 Å². The van der Waals surface area contributed by atoms with Crippen LogP contribution in [-0.4, -0.2) is 53.5 Å². The molecular formula is C48H38N2O8. The van der Waals surface area contributed by atoms with E-state index in [9.17, 15) is 33.9 Å². The van der Waals surface area contributed by atoms with Crippen LogP contribution in [-0.2, 0) is 19.2 Å². The van der Waals surface area contributed by atoms with Crippen LogP contribution < -0.4 is 14.5 Å². The van der Waals surface area contributed by atoms with Gasteiger partial charge in [0.05, 0.1) is 41.7 Å². The molecule has 3 fully saturated rings. The second-order valence-electron chi connectivity index (χ2n) is 15.2. The van der Waals surface area contributed by atoms with E-state index in [4.69, 9.17) is 4.74 Å². The summed E-state index contributed by atoms with van der Waals surface area (Å²) >= 11 is 0. The maximum atomic E-state index is 14.6. The summed E-state index contributed by atoms with van der Waals surface area (Å²) in [5.74, 6) is -5.34. The topological polar surface area (TPSA) is 138 Å². The largest absolute Gasteiger partial charge is 0.491 e. The van der Waals surface area contributed by atoms with Crippen molar-refractivity contribution in [3.8, 4) is 5.75 Å². The van der Waals surface area contributed by atoms with Crippen molar-refractivity contribution in [2.45, 2.75) is 18.8 Å². The molecule has 6 atom stereocenters. The third-order valence-corrected chi connectivity index (χ3v) is 12.1. The van der Waals surface area contributed by atoms with Gasteiger partial charge in [-0.3, -0.25) is 38.6 Å². The highest BCUT2D eigenvalue weighted by Gasteiger charge is 2.62. The van der Waals surface area contributed by atoms with Crippen LogP contribution in [0.5, 0.6) is 5.75 Å². The van der Waals surface area contributed by atoms with Gasteiger partial charge in [0.25, 0.3) is 0 Å². The third kappa shape index (κ3) is 6.17. The molecule has 0 spiro atoms. The highest BCUT2D eigenvalue weighted by Crippen LogP contribution is 2.58. The van der Waals surface area contributed by atoms with Gasteiger partial charge in [-0.15, -0.1) is 0 Å². The van der Waals surface area contributed by atoms with E-state index in [1.165, 1.54) is 9.80 Å². The van der Waals surface area contributed by atoms with E-state index in [0.717, 1.165) is 11.1 Å². The van der Waals surface area contributed by atoms with Gasteiger partial charge >= 0.3 is 0 Å². The number of imide groups is 2. The van der Waals surface area contributed by atoms with Crippen molar-refractivity contribution in [2.75, 3.05) is 23.0 Å². The first-order valence-electron chi connectivity index (χ1n) is 19.4. The number of rotatable bonds is 10. The number of hydrogen-bond donors (Lipinski definition) is 1. The minimum atomic E-state index is -0.783. The molecule has 6 unspecified atom stereocenters. The Bertz CT molecular complexity index is 2480. The Hall–Kier alpha value is -6.78. The maximum absolute atomic E-state index is 14.6. The predicted octanol–water partition coefficient (Wildman–Crippen LogP) is 6.56. The Kier molecular flexibility index (Phi) is 9.49. The molecule has 0 radical (unpaired) electrons. The smallest absolute Gasteiger partial charge is 0.238 e. The lowest BCUT2D eigenvalue weighted by atomic mass is 9.57. The lowest BCUT2D eigenvalue weighted by Crippen LogP contribution is -2.43. The first-order valence-corrected chi connectivity index (χ1v) is 19.4. The third-order valence-electron chi connectivity index (χ3n) is 12.1. The summed E-state index contributed by atoms with van der Waals surface area (Å²) < 4.78 is 5.61. The van der Waals surface area contributed by atoms with Crippen molar-refractivity contribution >= 4 is 46.6 Å². The summed E-state index contributed by atoms with van der Waals surface area (Å²) in [5, 5.41) is 9.28. The van der Waals surface area contributed by atoms with E-state index in [1.807, 2.05) is 30.3 Å². The van der Waals surface area contributed by atoms with E-state index < -0.39 is 41.4 Å². The number of anilines is 2. The van der Waals surface area contributed by atoms with Crippen molar-refractivity contribution < 1.29 is 38.6 Å². The molecule has 4 amide bonds. The monoisotopic (exact) mass is 770 g/mol. The zero-order chi connectivity index (χ0) is 40.1. The maximum Gasteiger partial charge on any atom is 0.238 e. The van der Waals surface area contributed by atoms with Crippen molar-refractivity contribution in [2.24, 2.45) is 29.6 Å². The zero-order valence-electron chi connectivity index (χ0n) is 31.3. The number of carbonyl (C=O) groups is 6. The molecule has 9 rings (SSSR count). The lowest BCUT2D eigenvalue weighted by Gasteiger charge is -2.44. The molecule has 10 nitrogen and oxygen atoms in total. The Morgan fingerprint density at radius 2 is 1.03 bits per heavy atom. The summed E-state index contributed by atoms with van der Waals surface area (Å²) in [7, 11) is 0. The van der Waals surface area contributed by atoms with Crippen LogP contribution >= 0.6 is 0 Å². The Balaban J connectivity index is 1.04. The summed E-state index contributed by atoms with van der Waals surface area (Å²) in [4.78, 5) is 86.4. The first kappa shape index (κ1) is 36.8. The molecule has 2 aliphatic heterocycles. The summed E-state index contributed by atoms with van der Waals surface area (Å²) in [6.45, 7) is -0.0427. The molecule has 58 heavy (non-hydrogen) atoms. The molecule has 2 saturated heterocycles. The molecule has 4 aliphatic rings. The van der Waals surface area contributed by atoms with E-state index in [1.54, 1.807) is 109 Å². The fourth-order valence-electron chi connectivity index (χ4n) is 9.44. The normalized spacial score (nSPS) is 23.6. The molecule has 1 N–H and O–H groups in total. The van der Waals surface area contributed by atoms with E-state index in [2.05, 4.69) is 0 Å². The predicted molar refractivity (Wildman–Crippen MR) is 214 cm³/mol. The minimum absolute atomic E-state index is 0.111. The summed E-state index contributed by atoms with van der Waals surface area (Å²) in [5.41, 5.74) is 4.23. The number of hydrogen-bond acceptors (Lipinski definition) is 8. The molecule has 0 bridgehead atoms. The standard InChI is InChI=1S/C48H38N2O8/c51-25-26-58-35-21-15-28(16-22-35)40-36-23-24-37-41(47(56)49(45(37)54)33-17-11-31(12-18-33)43(52)29-7-3-1-4-8-29)38(36)27-39-42(40)48(57)50(46(39)55)34-19-13-32(14-20-34)44(53)30-9-5-2-6-10-30/h1-23,37-42,51H,24-27H2. The number of ether oxygens (including phenoxy) is 1. The van der Waals surface area contributed by atoms with Gasteiger partial charge in [0.15, 0.2) is 11.6 Å². The van der Waals surface area contributed by atoms with Crippen molar-refractivity contribution in [3.05, 3.63) is 173 Å². The number of carbonyl (C=O) groups excluding carboxylic acids is 6. The van der Waals surface area contributed by atoms with Gasteiger partial charge in [0.1, 0.15) is 12.4 Å². The number of allylic oxidation sites excluding steroid dienone is 2. The molecule has 2 aliphatic carbocycles. The molecule has 0 aromatic heterocycles. The fraction of sp³-hybridized carbons (Fsp3) is 0.208. The van der Waals surface area contributed by atoms with E-state index in [0.29, 0.717) is 39.4 Å². The van der Waals surface area contributed by atoms with Crippen LogP contribution in [0.2, 0.25) is 0 Å². The van der Waals surface area contributed by atoms with Gasteiger partial charge in [-0.1, -0.05) is 84.4 Å². The summed E-state index contributed by atoms with van der Waals surface area (Å²) in [6.07, 6.45) is 2.48. The quantitative estimate of drug-likeness (QED) is 0.0958. The molecule has 10 heteroatoms. The number of aliphatic hydroxyl groups excluding tert-OH is 1. The lowest BCUT2D eigenvalue weighted by molar-refractivity contribution is -0.126. The molecular weight excluding hydrogens is 733 g/mol. The first-order chi connectivity index (χ1) is 28.2. The van der Waals surface area contributed by atoms with Crippen molar-refractivity contribution in [3.63, 3.8) is 0 Å². The zero-order valence-corrected chi connectivity index (χ0v) is 31.3. The minimum Gasteiger partial charge on any atom is -0.491 e. The number of aliphatic hydroxyl groups is 1. The van der Waals surface area contributed by atoms with Gasteiger partial charge in [0.2, 0.25) is 23.6 Å². The molecule has 5 aromatic carbocycles. The average Bonchev–Trinajstić information content (AvgIpc) is 3.68. The second-order valence-corrected chi connectivity index (χ2v) is 15.2. The van der Waals surface area contributed by atoms with Gasteiger partial charge in [-0.2, -0.15) is 0 Å². The Labute approximate surface area is 334 Å². The second kappa shape index (κ2) is 14.9. The van der Waals surface area contributed by atoms with E-state index in [-0.39, 0.29) is 55.3 Å². The highest BCUT2D eigenvalue weighted by molar-refractivity contribution is 6.24. The average molecular weight is 771 g/mol. The van der Waals surface area contributed by atoms with E-state index >= 15 is 0 Å². The summed E-state index contributed by atoms with van der Waals surface area (Å²) in [6, 6.07) is 37.9. The van der Waals surface area contributed by atoms with Crippen LogP contribution in [0.1, 0.15) is 56.2 Å². The van der Waals surface area contributed by atoms with Gasteiger partial charge in [0, 0.05) is 28.2 Å². The van der Waals surface area contributed by atoms with Crippen LogP contribution in [0.25, 0.3) is 0 Å². The van der Waals surface area contributed by atoms with Crippen LogP contribution in [0.3, 0.4) is 0 Å². The molecule has 2 heterocycles. The number of benzene rings is 5. The van der Waals surface area contributed by atoms with Gasteiger partial charge < -0.3 is 9.84 Å². The molecule has 288 valence electrons. The van der Waals surface area contributed by atoms with Gasteiger partial charge in [-0.25, -0.2) is 0 Å². The number of amides is 4. The fourth-order valence-corrected chi connectivity index (χ4v) is 9.44. The van der Waals surface area contributed by atoms with Gasteiger partial charge in [-0.05, 0) is 85.0 Å². The highest BCUT2D eigenvalue weighted by atomic mass is 16.5. The van der Waals surface area contributed by atoms with Crippen molar-refractivity contribution in [1.82, 2.24) is 0 Å². The number of fused-ring (bicyclic) bond motifs is 4. The Morgan fingerprint density at radius 1 is 0.552 bits per heavy atom. The number of nitrogens with zero attached hydrogens (tertiary/aromatic N) is 2.